The van der Waals surface area contributed by atoms with Crippen molar-refractivity contribution in [2.24, 2.45) is 0 Å². The van der Waals surface area contributed by atoms with E-state index >= 15 is 0 Å². The number of piperidine rings is 1. The summed E-state index contributed by atoms with van der Waals surface area (Å²) < 4.78 is 1.87. The molecule has 5 nitrogen and oxygen atoms in total. The molecule has 4 rings (SSSR count). The number of aromatic amines is 1. The summed E-state index contributed by atoms with van der Waals surface area (Å²) in [5.74, 6) is 0.870. The predicted molar refractivity (Wildman–Crippen MR) is 92.9 cm³/mol. The van der Waals surface area contributed by atoms with Crippen molar-refractivity contribution in [1.29, 1.82) is 0 Å². The molecule has 0 radical (unpaired) electrons. The van der Waals surface area contributed by atoms with E-state index in [1.807, 2.05) is 33.7 Å². The number of fused-ring (bicyclic) bond motifs is 1. The Morgan fingerprint density at radius 3 is 2.65 bits per heavy atom. The summed E-state index contributed by atoms with van der Waals surface area (Å²) in [7, 11) is 0. The number of hydrogen-bond donors (Lipinski definition) is 1. The van der Waals surface area contributed by atoms with Gasteiger partial charge in [0.15, 0.2) is 0 Å². The second-order valence-electron chi connectivity index (χ2n) is 6.44. The number of imidazole rings is 1. The molecule has 0 unspecified atom stereocenters. The number of para-hydroxylation sites is 2. The minimum absolute atomic E-state index is 0.0414. The lowest BCUT2D eigenvalue weighted by Crippen LogP contribution is -2.41. The number of benzene rings is 1. The zero-order valence-corrected chi connectivity index (χ0v) is 13.8. The molecule has 0 atom stereocenters. The normalized spacial score (nSPS) is 19.4. The lowest BCUT2D eigenvalue weighted by atomic mass is 10.0. The minimum atomic E-state index is -0.0414. The van der Waals surface area contributed by atoms with Gasteiger partial charge in [0.2, 0.25) is 5.91 Å². The molecule has 122 valence electrons. The minimum Gasteiger partial charge on any atom is -0.342 e. The Hall–Kier alpha value is -1.69. The highest BCUT2D eigenvalue weighted by molar-refractivity contribution is 8.00. The van der Waals surface area contributed by atoms with Crippen molar-refractivity contribution >= 4 is 28.7 Å². The van der Waals surface area contributed by atoms with Crippen molar-refractivity contribution in [1.82, 2.24) is 14.5 Å². The first-order chi connectivity index (χ1) is 11.2. The molecule has 1 aliphatic heterocycles. The molecule has 1 amide bonds. The number of H-pyrrole nitrogens is 1. The molecule has 2 fully saturated rings. The van der Waals surface area contributed by atoms with Gasteiger partial charge in [0.05, 0.1) is 16.8 Å². The second-order valence-corrected chi connectivity index (χ2v) is 7.73. The molecule has 0 spiro atoms. The summed E-state index contributed by atoms with van der Waals surface area (Å²) in [6.07, 6.45) is 4.23. The smallest absolute Gasteiger partial charge is 0.326 e. The largest absolute Gasteiger partial charge is 0.342 e. The first kappa shape index (κ1) is 14.9. The van der Waals surface area contributed by atoms with Crippen LogP contribution in [0.2, 0.25) is 0 Å². The van der Waals surface area contributed by atoms with Gasteiger partial charge in [0.25, 0.3) is 0 Å². The zero-order valence-electron chi connectivity index (χ0n) is 13.0. The third-order valence-corrected chi connectivity index (χ3v) is 6.13. The van der Waals surface area contributed by atoms with Gasteiger partial charge < -0.3 is 9.88 Å². The van der Waals surface area contributed by atoms with Gasteiger partial charge in [0, 0.05) is 24.4 Å². The maximum absolute atomic E-state index is 12.3. The fourth-order valence-corrected chi connectivity index (χ4v) is 4.36. The Bertz CT molecular complexity index is 769. The van der Waals surface area contributed by atoms with Gasteiger partial charge in [-0.3, -0.25) is 9.36 Å². The highest BCUT2D eigenvalue weighted by Crippen LogP contribution is 2.34. The summed E-state index contributed by atoms with van der Waals surface area (Å²) in [6, 6.07) is 7.98. The summed E-state index contributed by atoms with van der Waals surface area (Å²) in [4.78, 5) is 29.4. The van der Waals surface area contributed by atoms with Crippen LogP contribution >= 0.6 is 11.8 Å². The summed E-state index contributed by atoms with van der Waals surface area (Å²) >= 11 is 1.80. The van der Waals surface area contributed by atoms with Crippen LogP contribution in [0, 0.1) is 0 Å². The van der Waals surface area contributed by atoms with E-state index < -0.39 is 0 Å². The number of carbonyl (C=O) groups excluding carboxylic acids is 1. The maximum atomic E-state index is 12.3. The zero-order chi connectivity index (χ0) is 15.8. The molecule has 6 heteroatoms. The summed E-state index contributed by atoms with van der Waals surface area (Å²) in [6.45, 7) is 1.50. The van der Waals surface area contributed by atoms with Crippen molar-refractivity contribution in [3.8, 4) is 0 Å². The SMILES string of the molecule is O=C(CSC1CC1)N1CCC(n2c(=O)[nH]c3ccccc32)CC1. The van der Waals surface area contributed by atoms with Gasteiger partial charge in [-0.2, -0.15) is 0 Å². The molecule has 0 bridgehead atoms. The average Bonchev–Trinajstić information content (AvgIpc) is 3.34. The van der Waals surface area contributed by atoms with Gasteiger partial charge in [-0.15, -0.1) is 11.8 Å². The maximum Gasteiger partial charge on any atom is 0.326 e. The van der Waals surface area contributed by atoms with Crippen LogP contribution < -0.4 is 5.69 Å². The van der Waals surface area contributed by atoms with Gasteiger partial charge in [-0.25, -0.2) is 4.79 Å². The topological polar surface area (TPSA) is 58.1 Å². The van der Waals surface area contributed by atoms with Crippen LogP contribution in [-0.2, 0) is 4.79 Å². The number of nitrogens with one attached hydrogen (secondary N) is 1. The van der Waals surface area contributed by atoms with Crippen LogP contribution in [0.1, 0.15) is 31.7 Å². The van der Waals surface area contributed by atoms with E-state index in [-0.39, 0.29) is 17.6 Å². The Kier molecular flexibility index (Phi) is 3.93. The molecule has 1 saturated carbocycles. The monoisotopic (exact) mass is 331 g/mol. The van der Waals surface area contributed by atoms with Crippen molar-refractivity contribution in [2.45, 2.75) is 37.0 Å². The summed E-state index contributed by atoms with van der Waals surface area (Å²) in [5, 5.41) is 0.723. The van der Waals surface area contributed by atoms with Crippen molar-refractivity contribution in [3.63, 3.8) is 0 Å². The van der Waals surface area contributed by atoms with Crippen molar-refractivity contribution < 1.29 is 4.79 Å². The number of nitrogens with zero attached hydrogens (tertiary/aromatic N) is 2. The van der Waals surface area contributed by atoms with E-state index in [1.165, 1.54) is 12.8 Å². The van der Waals surface area contributed by atoms with Gasteiger partial charge in [-0.05, 0) is 37.8 Å². The molecule has 1 saturated heterocycles. The van der Waals surface area contributed by atoms with Crippen LogP contribution in [0.15, 0.2) is 29.1 Å². The molecule has 1 aromatic heterocycles. The second kappa shape index (κ2) is 6.07. The van der Waals surface area contributed by atoms with Crippen molar-refractivity contribution in [3.05, 3.63) is 34.7 Å². The molecular weight excluding hydrogens is 310 g/mol. The number of amides is 1. The standard InChI is InChI=1S/C17H21N3O2S/c21-16(11-23-13-5-6-13)19-9-7-12(8-10-19)20-15-4-2-1-3-14(15)18-17(20)22/h1-4,12-13H,5-11H2,(H,18,22). The third-order valence-electron chi connectivity index (χ3n) is 4.77. The molecule has 1 aromatic carbocycles. The average molecular weight is 331 g/mol. The van der Waals surface area contributed by atoms with E-state index in [9.17, 15) is 9.59 Å². The summed E-state index contributed by atoms with van der Waals surface area (Å²) in [5.41, 5.74) is 1.81. The van der Waals surface area contributed by atoms with Crippen molar-refractivity contribution in [2.75, 3.05) is 18.8 Å². The highest BCUT2D eigenvalue weighted by atomic mass is 32.2. The van der Waals surface area contributed by atoms with Gasteiger partial charge >= 0.3 is 5.69 Å². The van der Waals surface area contributed by atoms with Gasteiger partial charge in [0.1, 0.15) is 0 Å². The molecule has 23 heavy (non-hydrogen) atoms. The number of hydrogen-bond acceptors (Lipinski definition) is 3. The molecule has 1 aliphatic carbocycles. The van der Waals surface area contributed by atoms with Crippen LogP contribution in [0.25, 0.3) is 11.0 Å². The van der Waals surface area contributed by atoms with Crippen LogP contribution in [0.3, 0.4) is 0 Å². The molecule has 2 aromatic rings. The molecule has 1 N–H and O–H groups in total. The molecule has 2 heterocycles. The lowest BCUT2D eigenvalue weighted by Gasteiger charge is -2.32. The molecular formula is C17H21N3O2S. The van der Waals surface area contributed by atoms with E-state index in [0.717, 1.165) is 42.2 Å². The van der Waals surface area contributed by atoms with E-state index in [1.54, 1.807) is 11.8 Å². The fraction of sp³-hybridized carbons (Fsp3) is 0.529. The Morgan fingerprint density at radius 2 is 1.91 bits per heavy atom. The number of rotatable bonds is 4. The quantitative estimate of drug-likeness (QED) is 0.936. The first-order valence-electron chi connectivity index (χ1n) is 8.31. The van der Waals surface area contributed by atoms with E-state index in [0.29, 0.717) is 5.75 Å². The van der Waals surface area contributed by atoms with Crippen LogP contribution in [-0.4, -0.2) is 44.5 Å². The number of thioether (sulfide) groups is 1. The highest BCUT2D eigenvalue weighted by Gasteiger charge is 2.28. The molecule has 2 aliphatic rings. The van der Waals surface area contributed by atoms with Gasteiger partial charge in [-0.1, -0.05) is 12.1 Å². The fourth-order valence-electron chi connectivity index (χ4n) is 3.33. The predicted octanol–water partition coefficient (Wildman–Crippen LogP) is 2.39. The Labute approximate surface area is 139 Å². The Morgan fingerprint density at radius 1 is 1.17 bits per heavy atom. The van der Waals surface area contributed by atoms with Crippen LogP contribution in [0.5, 0.6) is 0 Å². The third kappa shape index (κ3) is 3.04. The van der Waals surface area contributed by atoms with E-state index in [4.69, 9.17) is 0 Å². The number of carbonyl (C=O) groups is 1. The number of aromatic nitrogens is 2. The van der Waals surface area contributed by atoms with Crippen LogP contribution in [0.4, 0.5) is 0 Å². The number of likely N-dealkylation sites (tertiary alicyclic amines) is 1. The lowest BCUT2D eigenvalue weighted by molar-refractivity contribution is -0.129. The Balaban J connectivity index is 1.43. The first-order valence-corrected chi connectivity index (χ1v) is 9.36. The van der Waals surface area contributed by atoms with E-state index in [2.05, 4.69) is 4.98 Å².